The SMILES string of the molecule is CCN1C(=CC=CC=CC=CC2=[N+](C)c3ccc(NC(=O)CI)cc3C2(C)C)C(C)(C)c2c1ccc1c(S(=O)(=O)O)cc(S(=O)(=O)O)cc21. The second-order valence-electron chi connectivity index (χ2n) is 13.0. The van der Waals surface area contributed by atoms with Gasteiger partial charge in [-0.25, -0.2) is 0 Å². The van der Waals surface area contributed by atoms with Crippen LogP contribution in [0.1, 0.15) is 45.7 Å². The molecule has 49 heavy (non-hydrogen) atoms. The summed E-state index contributed by atoms with van der Waals surface area (Å²) in [4.78, 5) is 12.8. The van der Waals surface area contributed by atoms with Crippen LogP contribution in [0.15, 0.2) is 100 Å². The highest BCUT2D eigenvalue weighted by atomic mass is 127. The number of alkyl halides is 1. The molecule has 3 aromatic rings. The third-order valence-corrected chi connectivity index (χ3v) is 11.6. The molecule has 0 unspecified atom stereocenters. The predicted octanol–water partition coefficient (Wildman–Crippen LogP) is 7.08. The van der Waals surface area contributed by atoms with E-state index in [1.54, 1.807) is 12.1 Å². The highest BCUT2D eigenvalue weighted by Gasteiger charge is 2.43. The number of likely N-dealkylation sites (N-methyl/N-ethyl adjacent to an activating group) is 1. The van der Waals surface area contributed by atoms with Crippen LogP contribution in [0.25, 0.3) is 10.8 Å². The fraction of sp³-hybridized carbons (Fsp3) is 0.278. The Morgan fingerprint density at radius 1 is 0.898 bits per heavy atom. The number of hydrogen-bond donors (Lipinski definition) is 3. The van der Waals surface area contributed by atoms with Gasteiger partial charge >= 0.3 is 0 Å². The van der Waals surface area contributed by atoms with Crippen molar-refractivity contribution in [3.8, 4) is 0 Å². The van der Waals surface area contributed by atoms with Crippen LogP contribution < -0.4 is 10.2 Å². The van der Waals surface area contributed by atoms with Crippen molar-refractivity contribution in [2.45, 2.75) is 55.2 Å². The Labute approximate surface area is 301 Å². The third-order valence-electron chi connectivity index (χ3n) is 9.18. The van der Waals surface area contributed by atoms with E-state index in [2.05, 4.69) is 34.7 Å². The van der Waals surface area contributed by atoms with Crippen LogP contribution in [0.5, 0.6) is 0 Å². The lowest BCUT2D eigenvalue weighted by Crippen LogP contribution is -2.26. The molecule has 13 heteroatoms. The van der Waals surface area contributed by atoms with Crippen LogP contribution in [0.4, 0.5) is 17.1 Å². The minimum absolute atomic E-state index is 0.0388. The number of nitrogens with one attached hydrogen (secondary N) is 1. The van der Waals surface area contributed by atoms with E-state index in [9.17, 15) is 30.7 Å². The monoisotopic (exact) mass is 816 g/mol. The lowest BCUT2D eigenvalue weighted by Gasteiger charge is -2.26. The fourth-order valence-corrected chi connectivity index (χ4v) is 8.47. The molecule has 258 valence electrons. The van der Waals surface area contributed by atoms with Crippen molar-refractivity contribution < 1.29 is 35.3 Å². The van der Waals surface area contributed by atoms with Crippen LogP contribution in [0.2, 0.25) is 0 Å². The molecule has 0 radical (unpaired) electrons. The van der Waals surface area contributed by atoms with Gasteiger partial charge in [-0.3, -0.25) is 13.9 Å². The summed E-state index contributed by atoms with van der Waals surface area (Å²) in [5.41, 5.74) is 5.49. The molecule has 0 saturated carbocycles. The van der Waals surface area contributed by atoms with Crippen LogP contribution >= 0.6 is 22.6 Å². The maximum Gasteiger partial charge on any atom is 0.295 e. The first-order chi connectivity index (χ1) is 22.8. The van der Waals surface area contributed by atoms with Gasteiger partial charge in [0.1, 0.15) is 11.9 Å². The molecule has 3 N–H and O–H groups in total. The first kappa shape index (κ1) is 36.6. The number of nitrogens with zero attached hydrogens (tertiary/aromatic N) is 2. The van der Waals surface area contributed by atoms with Crippen LogP contribution in [-0.2, 0) is 35.9 Å². The number of benzene rings is 3. The Morgan fingerprint density at radius 2 is 1.57 bits per heavy atom. The number of rotatable bonds is 9. The number of allylic oxidation sites excluding steroid dienone is 8. The molecule has 0 atom stereocenters. The van der Waals surface area contributed by atoms with Gasteiger partial charge in [0.25, 0.3) is 20.2 Å². The van der Waals surface area contributed by atoms with E-state index in [0.717, 1.165) is 40.1 Å². The highest BCUT2D eigenvalue weighted by Crippen LogP contribution is 2.51. The molecule has 0 aromatic heterocycles. The quantitative estimate of drug-likeness (QED) is 0.0684. The Bertz CT molecular complexity index is 2270. The van der Waals surface area contributed by atoms with Gasteiger partial charge in [0.05, 0.1) is 14.7 Å². The van der Waals surface area contributed by atoms with Gasteiger partial charge in [0, 0.05) is 52.1 Å². The number of halogens is 1. The number of fused-ring (bicyclic) bond motifs is 4. The Kier molecular flexibility index (Phi) is 9.91. The zero-order valence-corrected chi connectivity index (χ0v) is 31.8. The number of carbonyl (C=O) groups is 1. The molecule has 5 rings (SSSR count). The minimum atomic E-state index is -4.81. The molecule has 3 aromatic carbocycles. The summed E-state index contributed by atoms with van der Waals surface area (Å²) in [6, 6.07) is 11.3. The van der Waals surface area contributed by atoms with Gasteiger partial charge in [0.2, 0.25) is 11.6 Å². The van der Waals surface area contributed by atoms with Crippen molar-refractivity contribution in [3.63, 3.8) is 0 Å². The number of amides is 1. The molecule has 0 fully saturated rings. The molecule has 0 aliphatic carbocycles. The van der Waals surface area contributed by atoms with Gasteiger partial charge in [-0.05, 0) is 68.1 Å². The molecule has 0 spiro atoms. The Hall–Kier alpha value is -3.63. The van der Waals surface area contributed by atoms with E-state index in [1.165, 1.54) is 6.07 Å². The normalized spacial score (nSPS) is 18.1. The van der Waals surface area contributed by atoms with E-state index in [0.29, 0.717) is 21.9 Å². The molecule has 0 bridgehead atoms. The summed E-state index contributed by atoms with van der Waals surface area (Å²) < 4.78 is 71.0. The minimum Gasteiger partial charge on any atom is -0.344 e. The van der Waals surface area contributed by atoms with E-state index < -0.39 is 35.4 Å². The summed E-state index contributed by atoms with van der Waals surface area (Å²) in [6.07, 6.45) is 13.7. The van der Waals surface area contributed by atoms with Gasteiger partial charge in [-0.15, -0.1) is 0 Å². The summed E-state index contributed by atoms with van der Waals surface area (Å²) in [6.45, 7) is 10.8. The summed E-state index contributed by atoms with van der Waals surface area (Å²) in [5, 5.41) is 3.40. The summed E-state index contributed by atoms with van der Waals surface area (Å²) >= 11 is 2.04. The third kappa shape index (κ3) is 6.78. The molecule has 10 nitrogen and oxygen atoms in total. The van der Waals surface area contributed by atoms with Crippen LogP contribution in [0, 0.1) is 0 Å². The van der Waals surface area contributed by atoms with Crippen molar-refractivity contribution in [2.75, 3.05) is 28.2 Å². The largest absolute Gasteiger partial charge is 0.344 e. The van der Waals surface area contributed by atoms with Crippen molar-refractivity contribution in [3.05, 3.63) is 102 Å². The highest BCUT2D eigenvalue weighted by molar-refractivity contribution is 14.1. The fourth-order valence-electron chi connectivity index (χ4n) is 6.94. The molecule has 1 amide bonds. The van der Waals surface area contributed by atoms with Crippen LogP contribution in [-0.4, -0.2) is 60.2 Å². The zero-order chi connectivity index (χ0) is 36.1. The predicted molar refractivity (Wildman–Crippen MR) is 203 cm³/mol. The molecular formula is C36H39IN3O7S2+. The molecule has 0 saturated heterocycles. The molecule has 2 aliphatic rings. The number of anilines is 2. The van der Waals surface area contributed by atoms with Crippen molar-refractivity contribution in [1.29, 1.82) is 0 Å². The van der Waals surface area contributed by atoms with E-state index in [1.807, 2.05) is 105 Å². The van der Waals surface area contributed by atoms with Gasteiger partial charge in [0.15, 0.2) is 5.71 Å². The van der Waals surface area contributed by atoms with Gasteiger partial charge in [-0.2, -0.15) is 21.4 Å². The van der Waals surface area contributed by atoms with E-state index >= 15 is 0 Å². The lowest BCUT2D eigenvalue weighted by molar-refractivity contribution is -0.401. The Morgan fingerprint density at radius 3 is 2.20 bits per heavy atom. The Balaban J connectivity index is 1.42. The first-order valence-electron chi connectivity index (χ1n) is 15.5. The second-order valence-corrected chi connectivity index (χ2v) is 16.5. The lowest BCUT2D eigenvalue weighted by atomic mass is 9.81. The van der Waals surface area contributed by atoms with Gasteiger partial charge < -0.3 is 10.2 Å². The topological polar surface area (TPSA) is 144 Å². The first-order valence-corrected chi connectivity index (χ1v) is 19.9. The van der Waals surface area contributed by atoms with Crippen molar-refractivity contribution in [2.24, 2.45) is 0 Å². The maximum absolute atomic E-state index is 12.3. The second kappa shape index (κ2) is 13.2. The zero-order valence-electron chi connectivity index (χ0n) is 28.0. The average Bonchev–Trinajstić information content (AvgIpc) is 3.36. The molecule has 2 heterocycles. The molecule has 2 aliphatic heterocycles. The summed E-state index contributed by atoms with van der Waals surface area (Å²) in [5.74, 6) is -0.0388. The number of carbonyl (C=O) groups excluding carboxylic acids is 1. The smallest absolute Gasteiger partial charge is 0.295 e. The standard InChI is InChI=1S/C36H38IN3O7S2/c1-7-40-29-18-16-25-26(20-24(48(42,43)44)21-30(25)49(45,46)47)34(29)36(4,5)32(40)14-12-10-8-9-11-13-31-35(2,3)27-19-23(38-33(41)22-37)15-17-28(27)39(31)6/h8-21H,7,22H2,1-6H3,(H2-,38,41,42,43,44,45,46,47)/p+1. The van der Waals surface area contributed by atoms with Crippen molar-refractivity contribution in [1.82, 2.24) is 0 Å². The van der Waals surface area contributed by atoms with E-state index in [4.69, 9.17) is 0 Å². The maximum atomic E-state index is 12.3. The molecular weight excluding hydrogens is 777 g/mol. The van der Waals surface area contributed by atoms with E-state index in [-0.39, 0.29) is 16.7 Å². The average molecular weight is 817 g/mol. The summed E-state index contributed by atoms with van der Waals surface area (Å²) in [7, 11) is -7.55. The van der Waals surface area contributed by atoms with Gasteiger partial charge in [-0.1, -0.05) is 72.9 Å². The number of hydrogen-bond acceptors (Lipinski definition) is 6. The van der Waals surface area contributed by atoms with Crippen LogP contribution in [0.3, 0.4) is 0 Å². The van der Waals surface area contributed by atoms with Crippen molar-refractivity contribution >= 4 is 82.3 Å².